The molecule has 5 heteroatoms. The van der Waals surface area contributed by atoms with E-state index in [0.29, 0.717) is 18.1 Å². The summed E-state index contributed by atoms with van der Waals surface area (Å²) in [5.41, 5.74) is 7.18. The molecule has 0 saturated heterocycles. The van der Waals surface area contributed by atoms with Crippen LogP contribution in [0.3, 0.4) is 0 Å². The van der Waals surface area contributed by atoms with Gasteiger partial charge >= 0.3 is 0 Å². The Hall–Kier alpha value is -1.20. The molecular formula is C12H15N3OS. The van der Waals surface area contributed by atoms with Crippen LogP contribution in [0.5, 0.6) is 0 Å². The first-order chi connectivity index (χ1) is 8.25. The van der Waals surface area contributed by atoms with Gasteiger partial charge in [-0.1, -0.05) is 18.0 Å². The lowest BCUT2D eigenvalue weighted by molar-refractivity contribution is 0.329. The van der Waals surface area contributed by atoms with E-state index < -0.39 is 0 Å². The molecule has 1 aliphatic carbocycles. The Morgan fingerprint density at radius 2 is 2.24 bits per heavy atom. The van der Waals surface area contributed by atoms with Crippen LogP contribution in [0.2, 0.25) is 0 Å². The van der Waals surface area contributed by atoms with Crippen LogP contribution in [0.15, 0.2) is 21.3 Å². The van der Waals surface area contributed by atoms with Gasteiger partial charge in [-0.25, -0.2) is 0 Å². The van der Waals surface area contributed by atoms with Gasteiger partial charge in [-0.05, 0) is 24.3 Å². The molecule has 0 unspecified atom stereocenters. The third-order valence-corrected chi connectivity index (χ3v) is 4.03. The summed E-state index contributed by atoms with van der Waals surface area (Å²) in [6.07, 6.45) is 5.24. The Bertz CT molecular complexity index is 486. The van der Waals surface area contributed by atoms with Gasteiger partial charge < -0.3 is 10.3 Å². The van der Waals surface area contributed by atoms with Gasteiger partial charge in [-0.2, -0.15) is 16.3 Å². The van der Waals surface area contributed by atoms with E-state index in [2.05, 4.69) is 10.1 Å². The Balaban J connectivity index is 1.77. The average molecular weight is 249 g/mol. The van der Waals surface area contributed by atoms with Gasteiger partial charge in [0.15, 0.2) is 0 Å². The molecule has 0 amide bonds. The van der Waals surface area contributed by atoms with Crippen LogP contribution in [0.25, 0.3) is 11.4 Å². The van der Waals surface area contributed by atoms with E-state index in [-0.39, 0.29) is 5.54 Å². The van der Waals surface area contributed by atoms with Crippen molar-refractivity contribution in [3.8, 4) is 11.4 Å². The molecule has 0 spiro atoms. The predicted octanol–water partition coefficient (Wildman–Crippen LogP) is 2.61. The van der Waals surface area contributed by atoms with E-state index >= 15 is 0 Å². The van der Waals surface area contributed by atoms with Crippen molar-refractivity contribution in [3.63, 3.8) is 0 Å². The molecule has 0 radical (unpaired) electrons. The number of nitrogens with two attached hydrogens (primary N) is 1. The van der Waals surface area contributed by atoms with Crippen molar-refractivity contribution in [2.24, 2.45) is 5.73 Å². The van der Waals surface area contributed by atoms with Gasteiger partial charge in [-0.3, -0.25) is 0 Å². The number of rotatable bonds is 3. The molecule has 2 heterocycles. The summed E-state index contributed by atoms with van der Waals surface area (Å²) < 4.78 is 5.28. The molecule has 0 aromatic carbocycles. The number of nitrogens with zero attached hydrogens (tertiary/aromatic N) is 2. The molecule has 1 saturated carbocycles. The molecule has 2 aromatic heterocycles. The number of hydrogen-bond acceptors (Lipinski definition) is 5. The highest BCUT2D eigenvalue weighted by Crippen LogP contribution is 2.30. The summed E-state index contributed by atoms with van der Waals surface area (Å²) in [7, 11) is 0. The summed E-state index contributed by atoms with van der Waals surface area (Å²) in [6, 6.07) is 1.99. The van der Waals surface area contributed by atoms with Gasteiger partial charge in [0, 0.05) is 22.9 Å². The third kappa shape index (κ3) is 2.25. The summed E-state index contributed by atoms with van der Waals surface area (Å²) in [6.45, 7) is 0. The number of aromatic nitrogens is 2. The monoisotopic (exact) mass is 249 g/mol. The normalized spacial score (nSPS) is 18.6. The summed E-state index contributed by atoms with van der Waals surface area (Å²) in [4.78, 5) is 4.41. The smallest absolute Gasteiger partial charge is 0.228 e. The topological polar surface area (TPSA) is 64.9 Å². The van der Waals surface area contributed by atoms with Crippen LogP contribution in [-0.4, -0.2) is 15.7 Å². The zero-order valence-electron chi connectivity index (χ0n) is 9.56. The van der Waals surface area contributed by atoms with Crippen LogP contribution in [0, 0.1) is 0 Å². The van der Waals surface area contributed by atoms with Crippen molar-refractivity contribution in [1.29, 1.82) is 0 Å². The SMILES string of the molecule is NC1(Cc2nc(-c3ccsc3)no2)CCCC1. The van der Waals surface area contributed by atoms with E-state index in [4.69, 9.17) is 10.3 Å². The largest absolute Gasteiger partial charge is 0.339 e. The molecule has 3 rings (SSSR count). The first-order valence-electron chi connectivity index (χ1n) is 5.89. The Kier molecular flexibility index (Phi) is 2.72. The van der Waals surface area contributed by atoms with Crippen LogP contribution in [-0.2, 0) is 6.42 Å². The second kappa shape index (κ2) is 4.23. The Labute approximate surface area is 104 Å². The fraction of sp³-hybridized carbons (Fsp3) is 0.500. The number of thiophene rings is 1. The molecule has 1 aliphatic rings. The lowest BCUT2D eigenvalue weighted by Crippen LogP contribution is -2.38. The maximum absolute atomic E-state index is 6.29. The predicted molar refractivity (Wildman–Crippen MR) is 66.7 cm³/mol. The summed E-state index contributed by atoms with van der Waals surface area (Å²) in [5.74, 6) is 1.33. The Morgan fingerprint density at radius 3 is 2.94 bits per heavy atom. The first-order valence-corrected chi connectivity index (χ1v) is 6.84. The molecule has 4 nitrogen and oxygen atoms in total. The van der Waals surface area contributed by atoms with Crippen LogP contribution < -0.4 is 5.73 Å². The van der Waals surface area contributed by atoms with Crippen molar-refractivity contribution in [2.75, 3.05) is 0 Å². The highest BCUT2D eigenvalue weighted by molar-refractivity contribution is 7.08. The maximum Gasteiger partial charge on any atom is 0.228 e. The van der Waals surface area contributed by atoms with Gasteiger partial charge in [0.1, 0.15) is 0 Å². The van der Waals surface area contributed by atoms with Crippen molar-refractivity contribution >= 4 is 11.3 Å². The van der Waals surface area contributed by atoms with Crippen LogP contribution in [0.4, 0.5) is 0 Å². The molecule has 1 fully saturated rings. The van der Waals surface area contributed by atoms with E-state index in [1.54, 1.807) is 11.3 Å². The molecule has 2 N–H and O–H groups in total. The minimum atomic E-state index is -0.127. The van der Waals surface area contributed by atoms with Crippen LogP contribution in [0.1, 0.15) is 31.6 Å². The summed E-state index contributed by atoms with van der Waals surface area (Å²) >= 11 is 1.63. The molecule has 0 aliphatic heterocycles. The standard InChI is InChI=1S/C12H15N3OS/c13-12(4-1-2-5-12)7-10-14-11(15-16-10)9-3-6-17-8-9/h3,6,8H,1-2,4-5,7,13H2. The van der Waals surface area contributed by atoms with Crippen molar-refractivity contribution in [2.45, 2.75) is 37.6 Å². The first kappa shape index (κ1) is 10.9. The molecule has 0 atom stereocenters. The van der Waals surface area contributed by atoms with E-state index in [1.807, 2.05) is 16.8 Å². The number of hydrogen-bond donors (Lipinski definition) is 1. The van der Waals surface area contributed by atoms with E-state index in [0.717, 1.165) is 18.4 Å². The van der Waals surface area contributed by atoms with Gasteiger partial charge in [0.2, 0.25) is 11.7 Å². The average Bonchev–Trinajstić information content (AvgIpc) is 2.98. The second-order valence-electron chi connectivity index (χ2n) is 4.77. The van der Waals surface area contributed by atoms with Gasteiger partial charge in [0.05, 0.1) is 0 Å². The summed E-state index contributed by atoms with van der Waals surface area (Å²) in [5, 5.41) is 8.02. The molecule has 17 heavy (non-hydrogen) atoms. The quantitative estimate of drug-likeness (QED) is 0.908. The van der Waals surface area contributed by atoms with E-state index in [9.17, 15) is 0 Å². The van der Waals surface area contributed by atoms with Crippen molar-refractivity contribution in [3.05, 3.63) is 22.7 Å². The van der Waals surface area contributed by atoms with Crippen molar-refractivity contribution in [1.82, 2.24) is 10.1 Å². The third-order valence-electron chi connectivity index (χ3n) is 3.35. The Morgan fingerprint density at radius 1 is 1.41 bits per heavy atom. The molecular weight excluding hydrogens is 234 g/mol. The highest BCUT2D eigenvalue weighted by Gasteiger charge is 2.31. The lowest BCUT2D eigenvalue weighted by Gasteiger charge is -2.20. The van der Waals surface area contributed by atoms with E-state index in [1.165, 1.54) is 12.8 Å². The second-order valence-corrected chi connectivity index (χ2v) is 5.55. The maximum atomic E-state index is 6.29. The zero-order chi connectivity index (χ0) is 11.7. The zero-order valence-corrected chi connectivity index (χ0v) is 10.4. The van der Waals surface area contributed by atoms with Crippen molar-refractivity contribution < 1.29 is 4.52 Å². The van der Waals surface area contributed by atoms with Gasteiger partial charge in [0.25, 0.3) is 0 Å². The highest BCUT2D eigenvalue weighted by atomic mass is 32.1. The minimum Gasteiger partial charge on any atom is -0.339 e. The fourth-order valence-corrected chi connectivity index (χ4v) is 3.03. The van der Waals surface area contributed by atoms with Gasteiger partial charge in [-0.15, -0.1) is 0 Å². The fourth-order valence-electron chi connectivity index (χ4n) is 2.39. The molecule has 0 bridgehead atoms. The molecule has 2 aromatic rings. The lowest BCUT2D eigenvalue weighted by atomic mass is 9.95. The minimum absolute atomic E-state index is 0.127. The molecule has 90 valence electrons. The van der Waals surface area contributed by atoms with Crippen LogP contribution >= 0.6 is 11.3 Å².